The molecular formula is C12H22N2O3. The van der Waals surface area contributed by atoms with Crippen LogP contribution in [0.5, 0.6) is 0 Å². The molecule has 1 heterocycles. The summed E-state index contributed by atoms with van der Waals surface area (Å²) in [5.74, 6) is -0.346. The Morgan fingerprint density at radius 3 is 2.71 bits per heavy atom. The number of likely N-dealkylation sites (tertiary alicyclic amines) is 1. The normalized spacial score (nSPS) is 23.3. The number of hydrogen-bond donors (Lipinski definition) is 1. The van der Waals surface area contributed by atoms with Gasteiger partial charge in [0.1, 0.15) is 6.04 Å². The number of amides is 1. The standard InChI is InChI=1S/C12H22N2O3/c1-4-8(2)10(13)11(15)14-7-5-6-9(14)12(16)17-3/h8-10H,4-7,13H2,1-3H3/t8-,9-,10-/m0/s1. The number of rotatable bonds is 4. The van der Waals surface area contributed by atoms with E-state index in [4.69, 9.17) is 10.5 Å². The summed E-state index contributed by atoms with van der Waals surface area (Å²) in [6.07, 6.45) is 2.36. The third kappa shape index (κ3) is 2.97. The highest BCUT2D eigenvalue weighted by atomic mass is 16.5. The Kier molecular flexibility index (Phi) is 4.93. The van der Waals surface area contributed by atoms with Crippen molar-refractivity contribution in [2.45, 2.75) is 45.2 Å². The maximum atomic E-state index is 12.2. The first kappa shape index (κ1) is 14.0. The molecule has 0 aromatic rings. The van der Waals surface area contributed by atoms with E-state index in [-0.39, 0.29) is 17.8 Å². The van der Waals surface area contributed by atoms with E-state index in [1.54, 1.807) is 4.90 Å². The van der Waals surface area contributed by atoms with Gasteiger partial charge in [-0.25, -0.2) is 4.79 Å². The van der Waals surface area contributed by atoms with Gasteiger partial charge in [-0.1, -0.05) is 20.3 Å². The van der Waals surface area contributed by atoms with Crippen LogP contribution in [0, 0.1) is 5.92 Å². The summed E-state index contributed by atoms with van der Waals surface area (Å²) in [5.41, 5.74) is 5.91. The van der Waals surface area contributed by atoms with Crippen molar-refractivity contribution in [1.82, 2.24) is 4.90 Å². The van der Waals surface area contributed by atoms with Gasteiger partial charge in [0, 0.05) is 6.54 Å². The topological polar surface area (TPSA) is 72.6 Å². The molecule has 5 nitrogen and oxygen atoms in total. The average Bonchev–Trinajstić information content (AvgIpc) is 2.83. The zero-order valence-electron chi connectivity index (χ0n) is 10.8. The van der Waals surface area contributed by atoms with Crippen LogP contribution in [-0.2, 0) is 14.3 Å². The van der Waals surface area contributed by atoms with Crippen LogP contribution in [0.3, 0.4) is 0 Å². The lowest BCUT2D eigenvalue weighted by Gasteiger charge is -2.27. The number of hydrogen-bond acceptors (Lipinski definition) is 4. The van der Waals surface area contributed by atoms with Crippen molar-refractivity contribution < 1.29 is 14.3 Å². The highest BCUT2D eigenvalue weighted by molar-refractivity contribution is 5.88. The van der Waals surface area contributed by atoms with Crippen molar-refractivity contribution in [1.29, 1.82) is 0 Å². The fourth-order valence-electron chi connectivity index (χ4n) is 2.10. The summed E-state index contributed by atoms with van der Waals surface area (Å²) in [6, 6.07) is -0.965. The van der Waals surface area contributed by atoms with Gasteiger partial charge in [0.05, 0.1) is 13.2 Å². The van der Waals surface area contributed by atoms with Crippen molar-refractivity contribution >= 4 is 11.9 Å². The second-order valence-electron chi connectivity index (χ2n) is 4.62. The molecule has 1 saturated heterocycles. The van der Waals surface area contributed by atoms with E-state index in [0.717, 1.165) is 12.8 Å². The third-order valence-corrected chi connectivity index (χ3v) is 3.55. The molecule has 0 unspecified atom stereocenters. The predicted octanol–water partition coefficient (Wildman–Crippen LogP) is 0.524. The first-order chi connectivity index (χ1) is 8.02. The molecule has 0 aromatic heterocycles. The highest BCUT2D eigenvalue weighted by Gasteiger charge is 2.37. The number of esters is 1. The molecule has 1 aliphatic rings. The third-order valence-electron chi connectivity index (χ3n) is 3.55. The summed E-state index contributed by atoms with van der Waals surface area (Å²) < 4.78 is 4.71. The quantitative estimate of drug-likeness (QED) is 0.730. The maximum Gasteiger partial charge on any atom is 0.328 e. The van der Waals surface area contributed by atoms with Crippen LogP contribution in [0.2, 0.25) is 0 Å². The molecule has 1 aliphatic heterocycles. The fourth-order valence-corrected chi connectivity index (χ4v) is 2.10. The average molecular weight is 242 g/mol. The van der Waals surface area contributed by atoms with E-state index >= 15 is 0 Å². The van der Waals surface area contributed by atoms with Crippen LogP contribution in [0.25, 0.3) is 0 Å². The molecule has 1 fully saturated rings. The summed E-state index contributed by atoms with van der Waals surface area (Å²) in [7, 11) is 1.35. The first-order valence-corrected chi connectivity index (χ1v) is 6.16. The Labute approximate surface area is 102 Å². The SMILES string of the molecule is CC[C@H](C)[C@H](N)C(=O)N1CCC[C@H]1C(=O)OC. The van der Waals surface area contributed by atoms with Crippen molar-refractivity contribution in [3.05, 3.63) is 0 Å². The van der Waals surface area contributed by atoms with Crippen LogP contribution in [0.4, 0.5) is 0 Å². The van der Waals surface area contributed by atoms with Gasteiger partial charge in [0.2, 0.25) is 5.91 Å². The smallest absolute Gasteiger partial charge is 0.328 e. The predicted molar refractivity (Wildman–Crippen MR) is 64.2 cm³/mol. The van der Waals surface area contributed by atoms with Crippen LogP contribution < -0.4 is 5.73 Å². The molecule has 5 heteroatoms. The van der Waals surface area contributed by atoms with Crippen molar-refractivity contribution in [3.8, 4) is 0 Å². The molecule has 1 rings (SSSR count). The van der Waals surface area contributed by atoms with E-state index < -0.39 is 12.1 Å². The molecule has 0 saturated carbocycles. The minimum Gasteiger partial charge on any atom is -0.467 e. The van der Waals surface area contributed by atoms with E-state index in [1.165, 1.54) is 7.11 Å². The largest absolute Gasteiger partial charge is 0.467 e. The van der Waals surface area contributed by atoms with Crippen LogP contribution in [0.15, 0.2) is 0 Å². The lowest BCUT2D eigenvalue weighted by molar-refractivity contribution is -0.151. The molecule has 17 heavy (non-hydrogen) atoms. The monoisotopic (exact) mass is 242 g/mol. The number of nitrogens with two attached hydrogens (primary N) is 1. The first-order valence-electron chi connectivity index (χ1n) is 6.16. The molecule has 0 spiro atoms. The van der Waals surface area contributed by atoms with Gasteiger partial charge in [-0.2, -0.15) is 0 Å². The second-order valence-corrected chi connectivity index (χ2v) is 4.62. The zero-order valence-corrected chi connectivity index (χ0v) is 10.8. The van der Waals surface area contributed by atoms with Crippen molar-refractivity contribution in [3.63, 3.8) is 0 Å². The van der Waals surface area contributed by atoms with E-state index in [1.807, 2.05) is 13.8 Å². The summed E-state index contributed by atoms with van der Waals surface area (Å²) >= 11 is 0. The van der Waals surface area contributed by atoms with Gasteiger partial charge in [0.15, 0.2) is 0 Å². The minimum atomic E-state index is -0.523. The minimum absolute atomic E-state index is 0.126. The van der Waals surface area contributed by atoms with Gasteiger partial charge < -0.3 is 15.4 Å². The van der Waals surface area contributed by atoms with Gasteiger partial charge in [-0.15, -0.1) is 0 Å². The molecular weight excluding hydrogens is 220 g/mol. The lowest BCUT2D eigenvalue weighted by atomic mass is 9.98. The summed E-state index contributed by atoms with van der Waals surface area (Å²) in [6.45, 7) is 4.55. The molecule has 0 bridgehead atoms. The molecule has 3 atom stereocenters. The lowest BCUT2D eigenvalue weighted by Crippen LogP contribution is -2.50. The van der Waals surface area contributed by atoms with Crippen LogP contribution >= 0.6 is 0 Å². The maximum absolute atomic E-state index is 12.2. The molecule has 98 valence electrons. The van der Waals surface area contributed by atoms with Gasteiger partial charge in [0.25, 0.3) is 0 Å². The Hall–Kier alpha value is -1.10. The molecule has 2 N–H and O–H groups in total. The highest BCUT2D eigenvalue weighted by Crippen LogP contribution is 2.21. The van der Waals surface area contributed by atoms with E-state index in [0.29, 0.717) is 13.0 Å². The van der Waals surface area contributed by atoms with Gasteiger partial charge >= 0.3 is 5.97 Å². The molecule has 0 aromatic carbocycles. The van der Waals surface area contributed by atoms with Crippen molar-refractivity contribution in [2.24, 2.45) is 11.7 Å². The summed E-state index contributed by atoms with van der Waals surface area (Å²) in [5, 5.41) is 0. The zero-order chi connectivity index (χ0) is 13.0. The summed E-state index contributed by atoms with van der Waals surface area (Å²) in [4.78, 5) is 25.3. The van der Waals surface area contributed by atoms with Crippen LogP contribution in [0.1, 0.15) is 33.1 Å². The molecule has 1 amide bonds. The number of ether oxygens (including phenoxy) is 1. The Morgan fingerprint density at radius 2 is 2.18 bits per heavy atom. The van der Waals surface area contributed by atoms with Crippen LogP contribution in [-0.4, -0.2) is 42.5 Å². The Bertz CT molecular complexity index is 293. The van der Waals surface area contributed by atoms with E-state index in [2.05, 4.69) is 0 Å². The fraction of sp³-hybridized carbons (Fsp3) is 0.833. The number of carbonyl (C=O) groups excluding carboxylic acids is 2. The molecule has 0 radical (unpaired) electrons. The second kappa shape index (κ2) is 6.00. The molecule has 0 aliphatic carbocycles. The number of nitrogens with zero attached hydrogens (tertiary/aromatic N) is 1. The van der Waals surface area contributed by atoms with E-state index in [9.17, 15) is 9.59 Å². The van der Waals surface area contributed by atoms with Crippen molar-refractivity contribution in [2.75, 3.05) is 13.7 Å². The Balaban J connectivity index is 2.71. The van der Waals surface area contributed by atoms with Gasteiger partial charge in [-0.3, -0.25) is 4.79 Å². The number of carbonyl (C=O) groups is 2. The van der Waals surface area contributed by atoms with Gasteiger partial charge in [-0.05, 0) is 18.8 Å². The number of methoxy groups -OCH3 is 1. The Morgan fingerprint density at radius 1 is 1.53 bits per heavy atom.